The molecule has 21 heavy (non-hydrogen) atoms. The van der Waals surface area contributed by atoms with Gasteiger partial charge in [-0.05, 0) is 56.8 Å². The largest absolute Gasteiger partial charge is 0.497 e. The summed E-state index contributed by atoms with van der Waals surface area (Å²) in [5.74, 6) is 1.65. The molecule has 0 amide bonds. The molecule has 4 nitrogen and oxygen atoms in total. The Balaban J connectivity index is 2.54. The van der Waals surface area contributed by atoms with Crippen LogP contribution in [-0.4, -0.2) is 26.3 Å². The average molecular weight is 286 g/mol. The van der Waals surface area contributed by atoms with Gasteiger partial charge in [-0.25, -0.2) is 0 Å². The Kier molecular flexibility index (Phi) is 4.81. The van der Waals surface area contributed by atoms with Crippen molar-refractivity contribution < 1.29 is 9.47 Å². The highest BCUT2D eigenvalue weighted by atomic mass is 16.5. The molecule has 0 saturated heterocycles. The van der Waals surface area contributed by atoms with Crippen molar-refractivity contribution in [1.82, 2.24) is 10.3 Å². The van der Waals surface area contributed by atoms with Gasteiger partial charge in [0, 0.05) is 17.0 Å². The average Bonchev–Trinajstić information content (AvgIpc) is 2.47. The van der Waals surface area contributed by atoms with Crippen LogP contribution in [0.4, 0.5) is 0 Å². The highest BCUT2D eigenvalue weighted by molar-refractivity contribution is 5.46. The zero-order valence-electron chi connectivity index (χ0n) is 13.2. The summed E-state index contributed by atoms with van der Waals surface area (Å²) < 4.78 is 10.8. The van der Waals surface area contributed by atoms with Crippen LogP contribution >= 0.6 is 0 Å². The van der Waals surface area contributed by atoms with Crippen LogP contribution in [0.25, 0.3) is 0 Å². The van der Waals surface area contributed by atoms with Crippen molar-refractivity contribution in [2.24, 2.45) is 0 Å². The quantitative estimate of drug-likeness (QED) is 0.917. The van der Waals surface area contributed by atoms with Crippen LogP contribution in [0.15, 0.2) is 30.3 Å². The van der Waals surface area contributed by atoms with Crippen molar-refractivity contribution in [2.75, 3.05) is 21.3 Å². The Morgan fingerprint density at radius 1 is 1.00 bits per heavy atom. The Morgan fingerprint density at radius 2 is 1.67 bits per heavy atom. The SMILES string of the molecule is CNC(c1cc(C)nc(C)c1)c1cc(OC)ccc1OC. The van der Waals surface area contributed by atoms with Gasteiger partial charge < -0.3 is 14.8 Å². The number of methoxy groups -OCH3 is 2. The summed E-state index contributed by atoms with van der Waals surface area (Å²) in [5, 5.41) is 3.35. The first-order valence-corrected chi connectivity index (χ1v) is 6.93. The number of pyridine rings is 1. The minimum absolute atomic E-state index is 0.0236. The van der Waals surface area contributed by atoms with Crippen LogP contribution in [0.2, 0.25) is 0 Å². The van der Waals surface area contributed by atoms with E-state index in [1.807, 2.05) is 39.1 Å². The first-order chi connectivity index (χ1) is 10.1. The summed E-state index contributed by atoms with van der Waals surface area (Å²) >= 11 is 0. The van der Waals surface area contributed by atoms with Crippen molar-refractivity contribution >= 4 is 0 Å². The second-order valence-corrected chi connectivity index (χ2v) is 5.01. The molecule has 0 spiro atoms. The van der Waals surface area contributed by atoms with Gasteiger partial charge in [-0.1, -0.05) is 0 Å². The van der Waals surface area contributed by atoms with E-state index in [0.717, 1.165) is 34.0 Å². The maximum absolute atomic E-state index is 5.50. The lowest BCUT2D eigenvalue weighted by molar-refractivity contribution is 0.395. The fourth-order valence-electron chi connectivity index (χ4n) is 2.60. The van der Waals surface area contributed by atoms with Gasteiger partial charge in [0.2, 0.25) is 0 Å². The van der Waals surface area contributed by atoms with Gasteiger partial charge in [0.1, 0.15) is 11.5 Å². The Bertz CT molecular complexity index is 606. The second-order valence-electron chi connectivity index (χ2n) is 5.01. The maximum atomic E-state index is 5.50. The van der Waals surface area contributed by atoms with Crippen LogP contribution in [-0.2, 0) is 0 Å². The molecule has 2 aromatic rings. The molecule has 112 valence electrons. The van der Waals surface area contributed by atoms with Crippen molar-refractivity contribution in [1.29, 1.82) is 0 Å². The zero-order valence-corrected chi connectivity index (χ0v) is 13.2. The normalized spacial score (nSPS) is 12.0. The van der Waals surface area contributed by atoms with E-state index in [1.165, 1.54) is 0 Å². The molecule has 0 fully saturated rings. The molecule has 0 aliphatic rings. The van der Waals surface area contributed by atoms with Crippen molar-refractivity contribution in [3.63, 3.8) is 0 Å². The fourth-order valence-corrected chi connectivity index (χ4v) is 2.60. The number of nitrogens with zero attached hydrogens (tertiary/aromatic N) is 1. The lowest BCUT2D eigenvalue weighted by Gasteiger charge is -2.21. The molecule has 0 aliphatic heterocycles. The Morgan fingerprint density at radius 3 is 2.19 bits per heavy atom. The number of nitrogens with one attached hydrogen (secondary N) is 1. The van der Waals surface area contributed by atoms with Gasteiger partial charge in [0.05, 0.1) is 20.3 Å². The maximum Gasteiger partial charge on any atom is 0.124 e. The third-order valence-corrected chi connectivity index (χ3v) is 3.47. The standard InChI is InChI=1S/C17H22N2O2/c1-11-8-13(9-12(2)19-11)17(18-3)15-10-14(20-4)6-7-16(15)21-5/h6-10,17-18H,1-5H3. The lowest BCUT2D eigenvalue weighted by atomic mass is 9.97. The van der Waals surface area contributed by atoms with E-state index in [4.69, 9.17) is 9.47 Å². The molecule has 1 unspecified atom stereocenters. The molecule has 0 aliphatic carbocycles. The Labute approximate surface area is 126 Å². The van der Waals surface area contributed by atoms with Crippen LogP contribution in [0.1, 0.15) is 28.6 Å². The fraction of sp³-hybridized carbons (Fsp3) is 0.353. The van der Waals surface area contributed by atoms with Gasteiger partial charge in [0.25, 0.3) is 0 Å². The molecule has 1 aromatic carbocycles. The monoisotopic (exact) mass is 286 g/mol. The van der Waals surface area contributed by atoms with Crippen LogP contribution < -0.4 is 14.8 Å². The summed E-state index contributed by atoms with van der Waals surface area (Å²) in [6, 6.07) is 10.0. The summed E-state index contributed by atoms with van der Waals surface area (Å²) in [6.07, 6.45) is 0. The van der Waals surface area contributed by atoms with Crippen LogP contribution in [0.5, 0.6) is 11.5 Å². The van der Waals surface area contributed by atoms with Gasteiger partial charge in [-0.2, -0.15) is 0 Å². The molecular weight excluding hydrogens is 264 g/mol. The van der Waals surface area contributed by atoms with E-state index in [-0.39, 0.29) is 6.04 Å². The minimum Gasteiger partial charge on any atom is -0.497 e. The number of hydrogen-bond acceptors (Lipinski definition) is 4. The smallest absolute Gasteiger partial charge is 0.124 e. The molecular formula is C17H22N2O2. The number of benzene rings is 1. The molecule has 0 radical (unpaired) electrons. The lowest BCUT2D eigenvalue weighted by Crippen LogP contribution is -2.19. The molecule has 4 heteroatoms. The highest BCUT2D eigenvalue weighted by Crippen LogP contribution is 2.33. The summed E-state index contributed by atoms with van der Waals surface area (Å²) in [6.45, 7) is 4.01. The van der Waals surface area contributed by atoms with Crippen molar-refractivity contribution in [2.45, 2.75) is 19.9 Å². The van der Waals surface area contributed by atoms with E-state index in [0.29, 0.717) is 0 Å². The third kappa shape index (κ3) is 3.34. The summed E-state index contributed by atoms with van der Waals surface area (Å²) in [7, 11) is 5.29. The second kappa shape index (κ2) is 6.59. The summed E-state index contributed by atoms with van der Waals surface area (Å²) in [4.78, 5) is 4.44. The molecule has 1 atom stereocenters. The first-order valence-electron chi connectivity index (χ1n) is 6.93. The van der Waals surface area contributed by atoms with E-state index in [1.54, 1.807) is 14.2 Å². The van der Waals surface area contributed by atoms with E-state index < -0.39 is 0 Å². The molecule has 0 bridgehead atoms. The summed E-state index contributed by atoms with van der Waals surface area (Å²) in [5.41, 5.74) is 4.22. The number of aromatic nitrogens is 1. The topological polar surface area (TPSA) is 43.4 Å². The number of hydrogen-bond donors (Lipinski definition) is 1. The Hall–Kier alpha value is -2.07. The number of aryl methyl sites for hydroxylation is 2. The van der Waals surface area contributed by atoms with E-state index >= 15 is 0 Å². The highest BCUT2D eigenvalue weighted by Gasteiger charge is 2.18. The van der Waals surface area contributed by atoms with Gasteiger partial charge in [-0.3, -0.25) is 4.98 Å². The van der Waals surface area contributed by atoms with Crippen LogP contribution in [0, 0.1) is 13.8 Å². The first kappa shape index (κ1) is 15.3. The van der Waals surface area contributed by atoms with Gasteiger partial charge in [-0.15, -0.1) is 0 Å². The molecule has 0 saturated carbocycles. The van der Waals surface area contributed by atoms with Gasteiger partial charge >= 0.3 is 0 Å². The van der Waals surface area contributed by atoms with Gasteiger partial charge in [0.15, 0.2) is 0 Å². The van der Waals surface area contributed by atoms with E-state index in [2.05, 4.69) is 22.4 Å². The third-order valence-electron chi connectivity index (χ3n) is 3.47. The predicted molar refractivity (Wildman–Crippen MR) is 84.2 cm³/mol. The predicted octanol–water partition coefficient (Wildman–Crippen LogP) is 3.02. The van der Waals surface area contributed by atoms with E-state index in [9.17, 15) is 0 Å². The molecule has 1 N–H and O–H groups in total. The van der Waals surface area contributed by atoms with Crippen molar-refractivity contribution in [3.8, 4) is 11.5 Å². The van der Waals surface area contributed by atoms with Crippen LogP contribution in [0.3, 0.4) is 0 Å². The van der Waals surface area contributed by atoms with Crippen molar-refractivity contribution in [3.05, 3.63) is 52.8 Å². The zero-order chi connectivity index (χ0) is 15.4. The number of ether oxygens (including phenoxy) is 2. The molecule has 1 heterocycles. The molecule has 2 rings (SSSR count). The molecule has 1 aromatic heterocycles. The minimum atomic E-state index is 0.0236. The number of rotatable bonds is 5.